The Morgan fingerprint density at radius 1 is 1.03 bits per heavy atom. The Morgan fingerprint density at radius 3 is 2.42 bits per heavy atom. The van der Waals surface area contributed by atoms with Crippen molar-refractivity contribution in [1.82, 2.24) is 10.6 Å². The van der Waals surface area contributed by atoms with Gasteiger partial charge in [0.15, 0.2) is 0 Å². The van der Waals surface area contributed by atoms with Crippen LogP contribution in [0.15, 0.2) is 0 Å². The highest BCUT2D eigenvalue weighted by atomic mass is 35.5. The fourth-order valence-corrected chi connectivity index (χ4v) is 6.30. The first-order chi connectivity index (χ1) is 14.8. The predicted octanol–water partition coefficient (Wildman–Crippen LogP) is 3.96. The van der Waals surface area contributed by atoms with E-state index in [4.69, 9.17) is 16.3 Å². The molecule has 0 saturated heterocycles. The van der Waals surface area contributed by atoms with Crippen LogP contribution in [0.2, 0.25) is 0 Å². The van der Waals surface area contributed by atoms with Gasteiger partial charge in [-0.2, -0.15) is 0 Å². The van der Waals surface area contributed by atoms with E-state index in [1.807, 2.05) is 0 Å². The van der Waals surface area contributed by atoms with E-state index in [0.29, 0.717) is 57.4 Å². The number of hydrogen-bond donors (Lipinski definition) is 2. The average Bonchev–Trinajstić information content (AvgIpc) is 2.69. The highest BCUT2D eigenvalue weighted by Gasteiger charge is 2.72. The number of hydrogen-bond acceptors (Lipinski definition) is 3. The summed E-state index contributed by atoms with van der Waals surface area (Å²) in [6.45, 7) is 0.596. The van der Waals surface area contributed by atoms with Crippen molar-refractivity contribution >= 4 is 23.4 Å². The molecule has 2 N–H and O–H groups in total. The lowest BCUT2D eigenvalue weighted by molar-refractivity contribution is -0.184. The van der Waals surface area contributed by atoms with Crippen molar-refractivity contribution < 1.29 is 23.1 Å². The number of carbonyl (C=O) groups excluding carboxylic acids is 2. The molecule has 0 radical (unpaired) electrons. The van der Waals surface area contributed by atoms with Crippen LogP contribution in [0.3, 0.4) is 0 Å². The normalized spacial score (nSPS) is 41.6. The number of ether oxygens (including phenoxy) is 1. The lowest BCUT2D eigenvalue weighted by Crippen LogP contribution is -2.78. The third-order valence-electron chi connectivity index (χ3n) is 7.86. The molecule has 2 amide bonds. The maximum absolute atomic E-state index is 13.7. The fourth-order valence-electron chi connectivity index (χ4n) is 6.07. The largest absolute Gasteiger partial charge is 0.368 e. The molecule has 5 nitrogen and oxygen atoms in total. The summed E-state index contributed by atoms with van der Waals surface area (Å²) in [7, 11) is 0. The maximum atomic E-state index is 13.7. The number of amides is 2. The lowest BCUT2D eigenvalue weighted by Gasteiger charge is -2.69. The van der Waals surface area contributed by atoms with Crippen molar-refractivity contribution in [2.45, 2.75) is 106 Å². The lowest BCUT2D eigenvalue weighted by atomic mass is 9.39. The van der Waals surface area contributed by atoms with Crippen LogP contribution in [0.4, 0.5) is 8.78 Å². The molecule has 0 aromatic carbocycles. The van der Waals surface area contributed by atoms with E-state index in [1.165, 1.54) is 0 Å². The van der Waals surface area contributed by atoms with Gasteiger partial charge in [-0.05, 0) is 76.5 Å². The van der Waals surface area contributed by atoms with E-state index in [1.54, 1.807) is 0 Å². The summed E-state index contributed by atoms with van der Waals surface area (Å²) in [5.74, 6) is 0.500. The highest BCUT2D eigenvalue weighted by Crippen LogP contribution is 2.67. The standard InChI is InChI=1S/C23H35ClF2N2O3/c24-18-8-7-17(10-19(18)26)31-11-20(29)28-23-12-22(13-23,14-23)21(30)27-9-1-2-15-3-5-16(25)6-4-15/h15-19H,1-14H2,(H,27,30)(H,28,29). The quantitative estimate of drug-likeness (QED) is 0.404. The van der Waals surface area contributed by atoms with Crippen molar-refractivity contribution in [2.24, 2.45) is 11.3 Å². The highest BCUT2D eigenvalue weighted by molar-refractivity contribution is 6.21. The maximum Gasteiger partial charge on any atom is 0.246 e. The third kappa shape index (κ3) is 5.35. The second kappa shape index (κ2) is 9.50. The summed E-state index contributed by atoms with van der Waals surface area (Å²) in [4.78, 5) is 24.8. The van der Waals surface area contributed by atoms with Crippen LogP contribution in [0, 0.1) is 11.3 Å². The van der Waals surface area contributed by atoms with Gasteiger partial charge in [-0.3, -0.25) is 9.59 Å². The molecule has 5 fully saturated rings. The summed E-state index contributed by atoms with van der Waals surface area (Å²) >= 11 is 5.88. The van der Waals surface area contributed by atoms with Gasteiger partial charge >= 0.3 is 0 Å². The number of rotatable bonds is 9. The molecular formula is C23H35ClF2N2O3. The molecule has 3 unspecified atom stereocenters. The first-order valence-corrected chi connectivity index (χ1v) is 12.4. The molecule has 3 atom stereocenters. The van der Waals surface area contributed by atoms with Gasteiger partial charge in [0.05, 0.1) is 16.9 Å². The van der Waals surface area contributed by atoms with Crippen LogP contribution in [-0.4, -0.2) is 54.3 Å². The molecule has 2 bridgehead atoms. The summed E-state index contributed by atoms with van der Waals surface area (Å²) in [5.41, 5.74) is -0.584. The Balaban J connectivity index is 1.07. The molecule has 5 aliphatic carbocycles. The van der Waals surface area contributed by atoms with Crippen LogP contribution in [-0.2, 0) is 14.3 Å². The molecule has 5 aliphatic rings. The van der Waals surface area contributed by atoms with Gasteiger partial charge in [0.2, 0.25) is 11.8 Å². The van der Waals surface area contributed by atoms with Gasteiger partial charge < -0.3 is 15.4 Å². The topological polar surface area (TPSA) is 67.4 Å². The molecule has 0 heterocycles. The average molecular weight is 461 g/mol. The zero-order valence-corrected chi connectivity index (χ0v) is 18.9. The molecule has 0 aromatic heterocycles. The first kappa shape index (κ1) is 23.2. The minimum atomic E-state index is -1.08. The number of carbonyl (C=O) groups is 2. The Kier molecular flexibility index (Phi) is 7.11. The molecule has 5 rings (SSSR count). The molecular weight excluding hydrogens is 426 g/mol. The van der Waals surface area contributed by atoms with Gasteiger partial charge in [-0.1, -0.05) is 0 Å². The van der Waals surface area contributed by atoms with Crippen molar-refractivity contribution in [3.8, 4) is 0 Å². The second-order valence-corrected chi connectivity index (χ2v) is 11.0. The van der Waals surface area contributed by atoms with Gasteiger partial charge in [0.1, 0.15) is 19.0 Å². The molecule has 8 heteroatoms. The SMILES string of the molecule is O=C(COC1CCC(Cl)C(F)C1)NC12CC(C(=O)NCCCC3CCC(F)CC3)(C1)C2. The van der Waals surface area contributed by atoms with E-state index < -0.39 is 17.7 Å². The first-order valence-electron chi connectivity index (χ1n) is 11.9. The molecule has 176 valence electrons. The van der Waals surface area contributed by atoms with Gasteiger partial charge in [0.25, 0.3) is 0 Å². The molecule has 5 saturated carbocycles. The van der Waals surface area contributed by atoms with E-state index in [0.717, 1.165) is 25.7 Å². The van der Waals surface area contributed by atoms with E-state index in [2.05, 4.69) is 10.6 Å². The van der Waals surface area contributed by atoms with Crippen molar-refractivity contribution in [3.63, 3.8) is 0 Å². The Morgan fingerprint density at radius 2 is 1.74 bits per heavy atom. The summed E-state index contributed by atoms with van der Waals surface area (Å²) in [6.07, 6.45) is 6.87. The van der Waals surface area contributed by atoms with Crippen molar-refractivity contribution in [1.29, 1.82) is 0 Å². The number of alkyl halides is 3. The molecule has 0 aliphatic heterocycles. The minimum absolute atomic E-state index is 0.0738. The van der Waals surface area contributed by atoms with E-state index >= 15 is 0 Å². The second-order valence-electron chi connectivity index (χ2n) is 10.4. The Labute approximate surface area is 188 Å². The number of halogens is 3. The molecule has 0 aromatic rings. The fraction of sp³-hybridized carbons (Fsp3) is 0.913. The van der Waals surface area contributed by atoms with Crippen LogP contribution in [0.25, 0.3) is 0 Å². The number of nitrogens with one attached hydrogen (secondary N) is 2. The zero-order valence-electron chi connectivity index (χ0n) is 18.1. The van der Waals surface area contributed by atoms with Crippen molar-refractivity contribution in [3.05, 3.63) is 0 Å². The van der Waals surface area contributed by atoms with Gasteiger partial charge in [-0.15, -0.1) is 11.6 Å². The molecule has 0 spiro atoms. The predicted molar refractivity (Wildman–Crippen MR) is 114 cm³/mol. The summed E-state index contributed by atoms with van der Waals surface area (Å²) in [5, 5.41) is 5.63. The molecule has 31 heavy (non-hydrogen) atoms. The van der Waals surface area contributed by atoms with E-state index in [9.17, 15) is 18.4 Å². The van der Waals surface area contributed by atoms with Crippen LogP contribution >= 0.6 is 11.6 Å². The smallest absolute Gasteiger partial charge is 0.246 e. The summed E-state index contributed by atoms with van der Waals surface area (Å²) in [6, 6.07) is 0. The van der Waals surface area contributed by atoms with Gasteiger partial charge in [-0.25, -0.2) is 8.78 Å². The van der Waals surface area contributed by atoms with Gasteiger partial charge in [0, 0.05) is 18.5 Å². The van der Waals surface area contributed by atoms with Crippen molar-refractivity contribution in [2.75, 3.05) is 13.2 Å². The van der Waals surface area contributed by atoms with Crippen LogP contribution in [0.5, 0.6) is 0 Å². The van der Waals surface area contributed by atoms with Crippen LogP contribution in [0.1, 0.15) is 77.0 Å². The summed E-state index contributed by atoms with van der Waals surface area (Å²) < 4.78 is 32.4. The minimum Gasteiger partial charge on any atom is -0.368 e. The monoisotopic (exact) mass is 460 g/mol. The third-order valence-corrected chi connectivity index (χ3v) is 8.35. The Hall–Kier alpha value is -0.950. The van der Waals surface area contributed by atoms with Crippen LogP contribution < -0.4 is 10.6 Å². The zero-order chi connectivity index (χ0) is 22.1. The Bertz CT molecular complexity index is 651. The van der Waals surface area contributed by atoms with E-state index in [-0.39, 0.29) is 41.9 Å².